The first-order chi connectivity index (χ1) is 9.56. The van der Waals surface area contributed by atoms with E-state index in [4.69, 9.17) is 5.11 Å². The Morgan fingerprint density at radius 1 is 1.30 bits per heavy atom. The molecule has 0 aliphatic heterocycles. The first kappa shape index (κ1) is 14.1. The van der Waals surface area contributed by atoms with Crippen molar-refractivity contribution < 1.29 is 15.0 Å². The Morgan fingerprint density at radius 2 is 2.10 bits per heavy atom. The SMILES string of the molecule is O=C(O)c1cccc(N/N=C/c2cc(Br)ccc2[O-])c1. The number of anilines is 1. The minimum Gasteiger partial charge on any atom is -0.872 e. The molecule has 2 N–H and O–H groups in total. The van der Waals surface area contributed by atoms with E-state index in [1.165, 1.54) is 24.4 Å². The lowest BCUT2D eigenvalue weighted by Crippen LogP contribution is -1.99. The van der Waals surface area contributed by atoms with Crippen LogP contribution in [0.5, 0.6) is 5.75 Å². The van der Waals surface area contributed by atoms with Gasteiger partial charge in [-0.15, -0.1) is 0 Å². The van der Waals surface area contributed by atoms with Gasteiger partial charge in [-0.25, -0.2) is 4.79 Å². The quantitative estimate of drug-likeness (QED) is 0.665. The number of halogens is 1. The summed E-state index contributed by atoms with van der Waals surface area (Å²) < 4.78 is 0.784. The van der Waals surface area contributed by atoms with Crippen molar-refractivity contribution in [2.24, 2.45) is 5.10 Å². The molecule has 5 nitrogen and oxygen atoms in total. The molecular formula is C14H10BrN2O3-. The molecule has 0 saturated carbocycles. The van der Waals surface area contributed by atoms with Gasteiger partial charge in [0.1, 0.15) is 0 Å². The van der Waals surface area contributed by atoms with E-state index < -0.39 is 5.97 Å². The molecule has 0 saturated heterocycles. The van der Waals surface area contributed by atoms with Crippen LogP contribution in [-0.2, 0) is 0 Å². The Kier molecular flexibility index (Phi) is 4.37. The van der Waals surface area contributed by atoms with Gasteiger partial charge in [0.05, 0.1) is 17.5 Å². The van der Waals surface area contributed by atoms with Crippen molar-refractivity contribution >= 4 is 33.8 Å². The molecule has 0 unspecified atom stereocenters. The highest BCUT2D eigenvalue weighted by Crippen LogP contribution is 2.18. The number of nitrogens with one attached hydrogen (secondary N) is 1. The van der Waals surface area contributed by atoms with Crippen LogP contribution in [0.15, 0.2) is 52.0 Å². The van der Waals surface area contributed by atoms with Gasteiger partial charge < -0.3 is 10.2 Å². The summed E-state index contributed by atoms with van der Waals surface area (Å²) in [5.41, 5.74) is 3.81. The Morgan fingerprint density at radius 3 is 2.85 bits per heavy atom. The fourth-order valence-electron chi connectivity index (χ4n) is 1.52. The average molecular weight is 334 g/mol. The molecule has 0 aromatic heterocycles. The molecule has 2 aromatic rings. The van der Waals surface area contributed by atoms with Crippen LogP contribution in [0.25, 0.3) is 0 Å². The molecule has 0 amide bonds. The van der Waals surface area contributed by atoms with Gasteiger partial charge in [0.25, 0.3) is 0 Å². The van der Waals surface area contributed by atoms with E-state index in [1.54, 1.807) is 24.3 Å². The number of carboxylic acids is 1. The maximum atomic E-state index is 11.5. The van der Waals surface area contributed by atoms with Crippen molar-refractivity contribution in [1.29, 1.82) is 0 Å². The zero-order valence-electron chi connectivity index (χ0n) is 10.2. The molecule has 2 rings (SSSR count). The van der Waals surface area contributed by atoms with E-state index in [2.05, 4.69) is 26.5 Å². The molecule has 0 aliphatic rings. The number of carbonyl (C=O) groups is 1. The van der Waals surface area contributed by atoms with Gasteiger partial charge in [0.15, 0.2) is 0 Å². The van der Waals surface area contributed by atoms with E-state index in [0.29, 0.717) is 11.3 Å². The lowest BCUT2D eigenvalue weighted by Gasteiger charge is -2.09. The van der Waals surface area contributed by atoms with Crippen LogP contribution >= 0.6 is 15.9 Å². The van der Waals surface area contributed by atoms with Crippen molar-refractivity contribution in [2.45, 2.75) is 0 Å². The number of hydrogen-bond acceptors (Lipinski definition) is 4. The van der Waals surface area contributed by atoms with Crippen LogP contribution in [0.3, 0.4) is 0 Å². The van der Waals surface area contributed by atoms with Gasteiger partial charge >= 0.3 is 5.97 Å². The lowest BCUT2D eigenvalue weighted by molar-refractivity contribution is -0.268. The number of hydrogen-bond donors (Lipinski definition) is 2. The summed E-state index contributed by atoms with van der Waals surface area (Å²) in [7, 11) is 0. The van der Waals surface area contributed by atoms with Crippen LogP contribution in [0.2, 0.25) is 0 Å². The molecule has 0 aliphatic carbocycles. The van der Waals surface area contributed by atoms with Crippen molar-refractivity contribution in [2.75, 3.05) is 5.43 Å². The zero-order chi connectivity index (χ0) is 14.5. The molecular weight excluding hydrogens is 324 g/mol. The molecule has 0 spiro atoms. The molecule has 0 heterocycles. The zero-order valence-corrected chi connectivity index (χ0v) is 11.8. The summed E-state index contributed by atoms with van der Waals surface area (Å²) in [6, 6.07) is 11.0. The third-order valence-electron chi connectivity index (χ3n) is 2.48. The van der Waals surface area contributed by atoms with Crippen molar-refractivity contribution in [3.8, 4) is 5.75 Å². The first-order valence-electron chi connectivity index (χ1n) is 5.65. The predicted molar refractivity (Wildman–Crippen MR) is 78.2 cm³/mol. The van der Waals surface area contributed by atoms with E-state index >= 15 is 0 Å². The number of carboxylic acid groups (broad SMARTS) is 1. The van der Waals surface area contributed by atoms with E-state index in [-0.39, 0.29) is 11.3 Å². The fourth-order valence-corrected chi connectivity index (χ4v) is 1.90. The third-order valence-corrected chi connectivity index (χ3v) is 2.97. The monoisotopic (exact) mass is 333 g/mol. The number of aromatic carboxylic acids is 1. The average Bonchev–Trinajstić information content (AvgIpc) is 2.43. The Bertz CT molecular complexity index is 671. The highest BCUT2D eigenvalue weighted by atomic mass is 79.9. The maximum absolute atomic E-state index is 11.5. The number of hydrazone groups is 1. The second-order valence-corrected chi connectivity index (χ2v) is 4.85. The lowest BCUT2D eigenvalue weighted by atomic mass is 10.2. The summed E-state index contributed by atoms with van der Waals surface area (Å²) in [4.78, 5) is 10.8. The van der Waals surface area contributed by atoms with Crippen LogP contribution in [-0.4, -0.2) is 17.3 Å². The second-order valence-electron chi connectivity index (χ2n) is 3.94. The number of nitrogens with zero attached hydrogens (tertiary/aromatic N) is 1. The maximum Gasteiger partial charge on any atom is 0.335 e. The van der Waals surface area contributed by atoms with Gasteiger partial charge in [-0.2, -0.15) is 5.10 Å². The number of benzene rings is 2. The minimum absolute atomic E-state index is 0.141. The van der Waals surface area contributed by atoms with Gasteiger partial charge in [-0.1, -0.05) is 33.8 Å². The van der Waals surface area contributed by atoms with Crippen LogP contribution in [0.1, 0.15) is 15.9 Å². The molecule has 0 bridgehead atoms. The highest BCUT2D eigenvalue weighted by Gasteiger charge is 2.02. The smallest absolute Gasteiger partial charge is 0.335 e. The second kappa shape index (κ2) is 6.21. The van der Waals surface area contributed by atoms with Gasteiger partial charge in [-0.3, -0.25) is 5.43 Å². The Hall–Kier alpha value is -2.34. The van der Waals surface area contributed by atoms with Crippen LogP contribution in [0, 0.1) is 0 Å². The van der Waals surface area contributed by atoms with Gasteiger partial charge in [0, 0.05) is 4.47 Å². The molecule has 102 valence electrons. The normalized spacial score (nSPS) is 10.7. The Balaban J connectivity index is 2.12. The largest absolute Gasteiger partial charge is 0.872 e. The van der Waals surface area contributed by atoms with Crippen molar-refractivity contribution in [3.05, 3.63) is 58.1 Å². The Labute approximate surface area is 123 Å². The topological polar surface area (TPSA) is 84.8 Å². The summed E-state index contributed by atoms with van der Waals surface area (Å²) >= 11 is 3.27. The van der Waals surface area contributed by atoms with E-state index in [9.17, 15) is 9.90 Å². The van der Waals surface area contributed by atoms with Gasteiger partial charge in [0.2, 0.25) is 0 Å². The van der Waals surface area contributed by atoms with Crippen LogP contribution < -0.4 is 10.5 Å². The molecule has 0 radical (unpaired) electrons. The van der Waals surface area contributed by atoms with E-state index in [1.807, 2.05) is 0 Å². The summed E-state index contributed by atoms with van der Waals surface area (Å²) in [6.07, 6.45) is 1.39. The van der Waals surface area contributed by atoms with Crippen LogP contribution in [0.4, 0.5) is 5.69 Å². The fraction of sp³-hybridized carbons (Fsp3) is 0. The molecule has 6 heteroatoms. The highest BCUT2D eigenvalue weighted by molar-refractivity contribution is 9.10. The minimum atomic E-state index is -1.01. The standard InChI is InChI=1S/C14H11BrN2O3/c15-11-4-5-13(18)10(6-11)8-16-17-12-3-1-2-9(7-12)14(19)20/h1-8,17-18H,(H,19,20)/p-1/b16-8+. The third kappa shape index (κ3) is 3.58. The van der Waals surface area contributed by atoms with Crippen molar-refractivity contribution in [1.82, 2.24) is 0 Å². The summed E-state index contributed by atoms with van der Waals surface area (Å²) in [5, 5.41) is 24.3. The molecule has 2 aromatic carbocycles. The summed E-state index contributed by atoms with van der Waals surface area (Å²) in [6.45, 7) is 0. The van der Waals surface area contributed by atoms with Crippen molar-refractivity contribution in [3.63, 3.8) is 0 Å². The predicted octanol–water partition coefficient (Wildman–Crippen LogP) is 2.67. The van der Waals surface area contributed by atoms with E-state index in [0.717, 1.165) is 4.47 Å². The molecule has 20 heavy (non-hydrogen) atoms. The number of rotatable bonds is 4. The first-order valence-corrected chi connectivity index (χ1v) is 6.44. The molecule has 0 atom stereocenters. The molecule has 0 fully saturated rings. The van der Waals surface area contributed by atoms with Gasteiger partial charge in [-0.05, 0) is 35.9 Å². The summed E-state index contributed by atoms with van der Waals surface area (Å²) in [5.74, 6) is -1.15.